The number of nitrogens with one attached hydrogen (secondary N) is 2. The van der Waals surface area contributed by atoms with Crippen molar-refractivity contribution >= 4 is 32.7 Å². The first kappa shape index (κ1) is 13.9. The Labute approximate surface area is 117 Å². The summed E-state index contributed by atoms with van der Waals surface area (Å²) in [5, 5.41) is 7.41. The van der Waals surface area contributed by atoms with Crippen LogP contribution in [0.25, 0.3) is 0 Å². The van der Waals surface area contributed by atoms with E-state index in [4.69, 9.17) is 0 Å². The van der Waals surface area contributed by atoms with Gasteiger partial charge >= 0.3 is 0 Å². The van der Waals surface area contributed by atoms with E-state index < -0.39 is 10.0 Å². The minimum atomic E-state index is -3.28. The summed E-state index contributed by atoms with van der Waals surface area (Å²) in [4.78, 5) is 0. The summed E-state index contributed by atoms with van der Waals surface area (Å²) in [5.74, 6) is 0. The molecule has 1 unspecified atom stereocenters. The number of hydrogen-bond acceptors (Lipinski definition) is 4. The highest BCUT2D eigenvalue weighted by molar-refractivity contribution is 7.92. The van der Waals surface area contributed by atoms with Crippen LogP contribution in [0.2, 0.25) is 0 Å². The van der Waals surface area contributed by atoms with Crippen molar-refractivity contribution in [1.82, 2.24) is 0 Å². The van der Waals surface area contributed by atoms with E-state index in [0.717, 1.165) is 11.9 Å². The molecule has 4 nitrogen and oxygen atoms in total. The molecule has 0 aliphatic rings. The molecule has 1 heterocycles. The van der Waals surface area contributed by atoms with Crippen LogP contribution in [0.15, 0.2) is 41.1 Å². The molecular weight excluding hydrogens is 280 g/mol. The van der Waals surface area contributed by atoms with Gasteiger partial charge in [-0.3, -0.25) is 4.72 Å². The average molecular weight is 296 g/mol. The molecule has 0 bridgehead atoms. The van der Waals surface area contributed by atoms with Gasteiger partial charge in [0.1, 0.15) is 0 Å². The molecule has 0 spiro atoms. The molecular formula is C13H16N2O2S2. The van der Waals surface area contributed by atoms with E-state index in [1.807, 2.05) is 24.4 Å². The molecule has 0 aliphatic carbocycles. The van der Waals surface area contributed by atoms with Crippen molar-refractivity contribution in [1.29, 1.82) is 0 Å². The van der Waals surface area contributed by atoms with Crippen LogP contribution in [-0.2, 0) is 10.0 Å². The topological polar surface area (TPSA) is 58.2 Å². The Hall–Kier alpha value is -1.53. The van der Waals surface area contributed by atoms with Gasteiger partial charge in [0.2, 0.25) is 10.0 Å². The summed E-state index contributed by atoms with van der Waals surface area (Å²) in [5.41, 5.74) is 2.51. The van der Waals surface area contributed by atoms with Gasteiger partial charge in [-0.2, -0.15) is 11.3 Å². The van der Waals surface area contributed by atoms with Crippen LogP contribution in [0.4, 0.5) is 11.4 Å². The fourth-order valence-electron chi connectivity index (χ4n) is 1.74. The van der Waals surface area contributed by atoms with Crippen molar-refractivity contribution in [3.05, 3.63) is 46.7 Å². The number of sulfonamides is 1. The lowest BCUT2D eigenvalue weighted by Gasteiger charge is -2.17. The van der Waals surface area contributed by atoms with Crippen LogP contribution >= 0.6 is 11.3 Å². The highest BCUT2D eigenvalue weighted by atomic mass is 32.2. The molecule has 6 heteroatoms. The number of rotatable bonds is 5. The van der Waals surface area contributed by atoms with E-state index in [1.165, 1.54) is 5.56 Å². The zero-order valence-electron chi connectivity index (χ0n) is 10.8. The Bertz CT molecular complexity index is 636. The summed E-state index contributed by atoms with van der Waals surface area (Å²) in [6.07, 6.45) is 1.14. The number of anilines is 2. The summed E-state index contributed by atoms with van der Waals surface area (Å²) in [6, 6.07) is 9.44. The van der Waals surface area contributed by atoms with Crippen molar-refractivity contribution in [2.75, 3.05) is 16.3 Å². The smallest absolute Gasteiger partial charge is 0.229 e. The highest BCUT2D eigenvalue weighted by Crippen LogP contribution is 2.27. The van der Waals surface area contributed by atoms with Crippen molar-refractivity contribution in [3.63, 3.8) is 0 Å². The van der Waals surface area contributed by atoms with Gasteiger partial charge in [-0.15, -0.1) is 0 Å². The van der Waals surface area contributed by atoms with E-state index in [9.17, 15) is 8.42 Å². The summed E-state index contributed by atoms with van der Waals surface area (Å²) in [6.45, 7) is 2.04. The zero-order chi connectivity index (χ0) is 13.9. The molecule has 2 rings (SSSR count). The van der Waals surface area contributed by atoms with Gasteiger partial charge in [-0.1, -0.05) is 12.1 Å². The average Bonchev–Trinajstić information content (AvgIpc) is 2.83. The maximum atomic E-state index is 11.3. The Morgan fingerprint density at radius 1 is 1.16 bits per heavy atom. The standard InChI is InChI=1S/C13H16N2O2S2/c1-10(11-7-8-18-9-11)14-12-5-3-4-6-13(12)15-19(2,16)17/h3-10,14-15H,1-2H3. The summed E-state index contributed by atoms with van der Waals surface area (Å²) >= 11 is 1.64. The molecule has 1 aromatic heterocycles. The normalized spacial score (nSPS) is 12.9. The van der Waals surface area contributed by atoms with Crippen molar-refractivity contribution < 1.29 is 8.42 Å². The van der Waals surface area contributed by atoms with E-state index in [1.54, 1.807) is 23.5 Å². The Balaban J connectivity index is 2.21. The lowest BCUT2D eigenvalue weighted by Crippen LogP contribution is -2.13. The Morgan fingerprint density at radius 3 is 2.42 bits per heavy atom. The molecule has 19 heavy (non-hydrogen) atoms. The summed E-state index contributed by atoms with van der Waals surface area (Å²) in [7, 11) is -3.28. The van der Waals surface area contributed by atoms with Gasteiger partial charge in [0.05, 0.1) is 17.6 Å². The molecule has 0 fully saturated rings. The largest absolute Gasteiger partial charge is 0.377 e. The second-order valence-corrected chi connectivity index (χ2v) is 6.87. The molecule has 0 radical (unpaired) electrons. The SMILES string of the molecule is CC(Nc1ccccc1NS(C)(=O)=O)c1ccsc1. The van der Waals surface area contributed by atoms with Crippen LogP contribution in [-0.4, -0.2) is 14.7 Å². The zero-order valence-corrected chi connectivity index (χ0v) is 12.4. The lowest BCUT2D eigenvalue weighted by molar-refractivity contribution is 0.607. The third-order valence-electron chi connectivity index (χ3n) is 2.64. The van der Waals surface area contributed by atoms with Crippen LogP contribution in [0.1, 0.15) is 18.5 Å². The molecule has 0 saturated heterocycles. The molecule has 102 valence electrons. The van der Waals surface area contributed by atoms with Crippen molar-refractivity contribution in [2.24, 2.45) is 0 Å². The molecule has 1 aromatic carbocycles. The predicted molar refractivity (Wildman–Crippen MR) is 81.3 cm³/mol. The second-order valence-electron chi connectivity index (χ2n) is 4.34. The lowest BCUT2D eigenvalue weighted by atomic mass is 10.1. The highest BCUT2D eigenvalue weighted by Gasteiger charge is 2.10. The van der Waals surface area contributed by atoms with Gasteiger partial charge < -0.3 is 5.32 Å². The van der Waals surface area contributed by atoms with E-state index in [2.05, 4.69) is 21.5 Å². The minimum Gasteiger partial charge on any atom is -0.377 e. The number of benzene rings is 1. The van der Waals surface area contributed by atoms with Crippen LogP contribution in [0.5, 0.6) is 0 Å². The summed E-state index contributed by atoms with van der Waals surface area (Å²) < 4.78 is 25.2. The van der Waals surface area contributed by atoms with E-state index in [-0.39, 0.29) is 6.04 Å². The third kappa shape index (κ3) is 3.97. The van der Waals surface area contributed by atoms with E-state index in [0.29, 0.717) is 5.69 Å². The van der Waals surface area contributed by atoms with Crippen molar-refractivity contribution in [3.8, 4) is 0 Å². The van der Waals surface area contributed by atoms with E-state index >= 15 is 0 Å². The van der Waals surface area contributed by atoms with Crippen LogP contribution in [0.3, 0.4) is 0 Å². The number of thiophene rings is 1. The molecule has 0 amide bonds. The van der Waals surface area contributed by atoms with Gasteiger partial charge in [0.15, 0.2) is 0 Å². The van der Waals surface area contributed by atoms with Crippen molar-refractivity contribution in [2.45, 2.75) is 13.0 Å². The number of para-hydroxylation sites is 2. The first-order valence-corrected chi connectivity index (χ1v) is 8.64. The number of hydrogen-bond donors (Lipinski definition) is 2. The molecule has 1 atom stereocenters. The monoisotopic (exact) mass is 296 g/mol. The van der Waals surface area contributed by atoms with Crippen LogP contribution in [0, 0.1) is 0 Å². The minimum absolute atomic E-state index is 0.119. The maximum absolute atomic E-state index is 11.3. The van der Waals surface area contributed by atoms with Gasteiger partial charge in [-0.25, -0.2) is 8.42 Å². The van der Waals surface area contributed by atoms with Crippen LogP contribution < -0.4 is 10.0 Å². The van der Waals surface area contributed by atoms with Gasteiger partial charge in [0, 0.05) is 6.04 Å². The molecule has 0 saturated carbocycles. The maximum Gasteiger partial charge on any atom is 0.229 e. The predicted octanol–water partition coefficient (Wildman–Crippen LogP) is 3.29. The first-order chi connectivity index (χ1) is 8.96. The molecule has 2 N–H and O–H groups in total. The molecule has 2 aromatic rings. The first-order valence-electron chi connectivity index (χ1n) is 5.81. The Kier molecular flexibility index (Phi) is 4.11. The van der Waals surface area contributed by atoms with Gasteiger partial charge in [0.25, 0.3) is 0 Å². The molecule has 0 aliphatic heterocycles. The fraction of sp³-hybridized carbons (Fsp3) is 0.231. The van der Waals surface area contributed by atoms with Gasteiger partial charge in [-0.05, 0) is 41.4 Å². The Morgan fingerprint density at radius 2 is 1.84 bits per heavy atom. The second kappa shape index (κ2) is 5.63. The fourth-order valence-corrected chi connectivity index (χ4v) is 3.07. The quantitative estimate of drug-likeness (QED) is 0.890. The third-order valence-corrected chi connectivity index (χ3v) is 3.93.